The molecule has 2 fully saturated rings. The van der Waals surface area contributed by atoms with E-state index in [1.54, 1.807) is 6.07 Å². The zero-order chi connectivity index (χ0) is 12.3. The van der Waals surface area contributed by atoms with Gasteiger partial charge in [-0.15, -0.1) is 0 Å². The summed E-state index contributed by atoms with van der Waals surface area (Å²) in [6.07, 6.45) is 4.04. The highest BCUT2D eigenvalue weighted by atomic mass is 16.1. The summed E-state index contributed by atoms with van der Waals surface area (Å²) in [4.78, 5) is 12.0. The second-order valence-corrected chi connectivity index (χ2v) is 6.69. The van der Waals surface area contributed by atoms with Crippen LogP contribution in [0.3, 0.4) is 0 Å². The quantitative estimate of drug-likeness (QED) is 0.636. The van der Waals surface area contributed by atoms with Crippen LogP contribution in [0.2, 0.25) is 0 Å². The van der Waals surface area contributed by atoms with Crippen LogP contribution in [0.25, 0.3) is 0 Å². The summed E-state index contributed by atoms with van der Waals surface area (Å²) in [5.74, 6) is 1.33. The normalized spacial score (nSPS) is 41.3. The highest BCUT2D eigenvalue weighted by Crippen LogP contribution is 2.45. The molecule has 1 aromatic heterocycles. The zero-order valence-corrected chi connectivity index (χ0v) is 11.0. The SMILES string of the molecule is C[N+]12CCC[C@@H]1C1CC(C2)c2cccc(=O)n2C1. The Kier molecular flexibility index (Phi) is 2.08. The first kappa shape index (κ1) is 10.8. The van der Waals surface area contributed by atoms with E-state index in [0.29, 0.717) is 5.92 Å². The van der Waals surface area contributed by atoms with Gasteiger partial charge in [-0.25, -0.2) is 0 Å². The van der Waals surface area contributed by atoms with Crippen molar-refractivity contribution in [2.24, 2.45) is 5.92 Å². The summed E-state index contributed by atoms with van der Waals surface area (Å²) in [5.41, 5.74) is 1.50. The number of hydrogen-bond acceptors (Lipinski definition) is 1. The second kappa shape index (κ2) is 3.47. The monoisotopic (exact) mass is 245 g/mol. The molecule has 3 nitrogen and oxygen atoms in total. The van der Waals surface area contributed by atoms with Crippen molar-refractivity contribution in [2.45, 2.75) is 37.8 Å². The number of hydrogen-bond donors (Lipinski definition) is 0. The summed E-state index contributed by atoms with van der Waals surface area (Å²) in [5, 5.41) is 0. The van der Waals surface area contributed by atoms with Gasteiger partial charge in [0.2, 0.25) is 0 Å². The number of aromatic nitrogens is 1. The predicted molar refractivity (Wildman–Crippen MR) is 70.5 cm³/mol. The van der Waals surface area contributed by atoms with Crippen molar-refractivity contribution in [1.29, 1.82) is 0 Å². The van der Waals surface area contributed by atoms with Crippen LogP contribution in [-0.2, 0) is 6.54 Å². The van der Waals surface area contributed by atoms with E-state index in [9.17, 15) is 4.79 Å². The van der Waals surface area contributed by atoms with Gasteiger partial charge in [-0.3, -0.25) is 4.79 Å². The van der Waals surface area contributed by atoms with E-state index in [1.165, 1.54) is 42.5 Å². The highest BCUT2D eigenvalue weighted by Gasteiger charge is 2.51. The maximum atomic E-state index is 12.0. The summed E-state index contributed by atoms with van der Waals surface area (Å²) in [7, 11) is 2.44. The minimum atomic E-state index is 0.205. The molecule has 2 bridgehead atoms. The van der Waals surface area contributed by atoms with Gasteiger partial charge >= 0.3 is 0 Å². The lowest BCUT2D eigenvalue weighted by molar-refractivity contribution is -0.932. The number of fused-ring (bicyclic) bond motifs is 6. The number of piperidine rings is 1. The van der Waals surface area contributed by atoms with Crippen LogP contribution < -0.4 is 5.56 Å². The fourth-order valence-corrected chi connectivity index (χ4v) is 4.94. The standard InChI is InChI=1S/C15H21N2O/c1-17-7-3-5-14(17)11-8-12(10-17)13-4-2-6-15(18)16(13)9-11/h2,4,6,11-12,14H,3,5,7-10H2,1H3/q+1/t11?,12?,14-,17?/m1/s1. The molecule has 3 aliphatic rings. The molecule has 3 aliphatic heterocycles. The average Bonchev–Trinajstić information content (AvgIpc) is 2.73. The van der Waals surface area contributed by atoms with E-state index >= 15 is 0 Å². The lowest BCUT2D eigenvalue weighted by Gasteiger charge is -2.50. The van der Waals surface area contributed by atoms with Crippen LogP contribution in [0.1, 0.15) is 30.9 Å². The molecule has 96 valence electrons. The van der Waals surface area contributed by atoms with Crippen molar-refractivity contribution in [3.05, 3.63) is 34.2 Å². The summed E-state index contributed by atoms with van der Waals surface area (Å²) in [6.45, 7) is 3.55. The van der Waals surface area contributed by atoms with Gasteiger partial charge in [0.05, 0.1) is 26.2 Å². The molecule has 4 heterocycles. The fraction of sp³-hybridized carbons (Fsp3) is 0.667. The van der Waals surface area contributed by atoms with E-state index < -0.39 is 0 Å². The van der Waals surface area contributed by atoms with Gasteiger partial charge < -0.3 is 9.05 Å². The largest absolute Gasteiger partial charge is 0.323 e. The molecular weight excluding hydrogens is 224 g/mol. The Labute approximate surface area is 108 Å². The van der Waals surface area contributed by atoms with Crippen molar-refractivity contribution >= 4 is 0 Å². The molecule has 3 unspecified atom stereocenters. The Morgan fingerprint density at radius 1 is 1.39 bits per heavy atom. The van der Waals surface area contributed by atoms with Gasteiger partial charge in [0.1, 0.15) is 0 Å². The number of nitrogens with zero attached hydrogens (tertiary/aromatic N) is 2. The molecular formula is C15H21N2O+. The van der Waals surface area contributed by atoms with Crippen LogP contribution in [-0.4, -0.2) is 35.2 Å². The molecule has 0 aromatic carbocycles. The van der Waals surface area contributed by atoms with Gasteiger partial charge in [-0.1, -0.05) is 6.07 Å². The lowest BCUT2D eigenvalue weighted by atomic mass is 9.77. The average molecular weight is 245 g/mol. The molecule has 4 atom stereocenters. The molecule has 18 heavy (non-hydrogen) atoms. The van der Waals surface area contributed by atoms with Gasteiger partial charge in [-0.2, -0.15) is 0 Å². The summed E-state index contributed by atoms with van der Waals surface area (Å²) in [6, 6.07) is 6.63. The molecule has 0 amide bonds. The maximum Gasteiger partial charge on any atom is 0.250 e. The summed E-state index contributed by atoms with van der Waals surface area (Å²) < 4.78 is 3.32. The van der Waals surface area contributed by atoms with Gasteiger partial charge in [0.25, 0.3) is 5.56 Å². The van der Waals surface area contributed by atoms with E-state index in [-0.39, 0.29) is 5.56 Å². The van der Waals surface area contributed by atoms with Crippen molar-refractivity contribution in [3.8, 4) is 0 Å². The second-order valence-electron chi connectivity index (χ2n) is 6.69. The molecule has 3 heteroatoms. The first-order chi connectivity index (χ1) is 8.67. The van der Waals surface area contributed by atoms with E-state index in [4.69, 9.17) is 0 Å². The summed E-state index contributed by atoms with van der Waals surface area (Å²) >= 11 is 0. The number of quaternary nitrogens is 1. The van der Waals surface area contributed by atoms with Gasteiger partial charge in [-0.05, 0) is 12.5 Å². The molecule has 0 N–H and O–H groups in total. The van der Waals surface area contributed by atoms with E-state index in [1.807, 2.05) is 6.07 Å². The van der Waals surface area contributed by atoms with Crippen LogP contribution in [0.15, 0.2) is 23.0 Å². The van der Waals surface area contributed by atoms with Crippen LogP contribution >= 0.6 is 0 Å². The van der Waals surface area contributed by atoms with Gasteiger partial charge in [0.15, 0.2) is 0 Å². The Balaban J connectivity index is 1.83. The Bertz CT molecular complexity index is 550. The number of likely N-dealkylation sites (N-methyl/N-ethyl adjacent to an activating group) is 1. The molecule has 0 aliphatic carbocycles. The Morgan fingerprint density at radius 2 is 2.28 bits per heavy atom. The van der Waals surface area contributed by atoms with E-state index in [2.05, 4.69) is 17.7 Å². The molecule has 0 radical (unpaired) electrons. The molecule has 4 rings (SSSR count). The highest BCUT2D eigenvalue weighted by molar-refractivity contribution is 5.16. The Hall–Kier alpha value is -1.09. The Morgan fingerprint density at radius 3 is 3.17 bits per heavy atom. The third-order valence-corrected chi connectivity index (χ3v) is 5.66. The molecule has 1 aromatic rings. The molecule has 0 saturated carbocycles. The van der Waals surface area contributed by atoms with Crippen molar-refractivity contribution in [1.82, 2.24) is 4.57 Å². The lowest BCUT2D eigenvalue weighted by Crippen LogP contribution is -2.60. The van der Waals surface area contributed by atoms with Crippen LogP contribution in [0, 0.1) is 5.92 Å². The van der Waals surface area contributed by atoms with Crippen LogP contribution in [0.4, 0.5) is 0 Å². The number of rotatable bonds is 0. The topological polar surface area (TPSA) is 22.0 Å². The zero-order valence-electron chi connectivity index (χ0n) is 11.0. The predicted octanol–water partition coefficient (Wildman–Crippen LogP) is 1.57. The van der Waals surface area contributed by atoms with Crippen molar-refractivity contribution in [2.75, 3.05) is 20.1 Å². The van der Waals surface area contributed by atoms with Crippen LogP contribution in [0.5, 0.6) is 0 Å². The minimum absolute atomic E-state index is 0.205. The van der Waals surface area contributed by atoms with E-state index in [0.717, 1.165) is 18.5 Å². The maximum absolute atomic E-state index is 12.0. The first-order valence-corrected chi connectivity index (χ1v) is 7.21. The van der Waals surface area contributed by atoms with Crippen molar-refractivity contribution in [3.63, 3.8) is 0 Å². The number of pyridine rings is 1. The minimum Gasteiger partial charge on any atom is -0.323 e. The molecule has 0 spiro atoms. The van der Waals surface area contributed by atoms with Gasteiger partial charge in [0, 0.05) is 43.0 Å². The fourth-order valence-electron chi connectivity index (χ4n) is 4.94. The van der Waals surface area contributed by atoms with Crippen molar-refractivity contribution < 1.29 is 4.48 Å². The smallest absolute Gasteiger partial charge is 0.250 e. The molecule has 2 saturated heterocycles. The first-order valence-electron chi connectivity index (χ1n) is 7.21. The third kappa shape index (κ3) is 1.31. The third-order valence-electron chi connectivity index (χ3n) is 5.66.